The van der Waals surface area contributed by atoms with Gasteiger partial charge in [-0.2, -0.15) is 0 Å². The number of carbonyl (C=O) groups is 3. The molecule has 0 bridgehead atoms. The van der Waals surface area contributed by atoms with Gasteiger partial charge in [-0.05, 0) is 42.7 Å². The SMILES string of the molecule is CCc1ccccc1N1C[C@@H](C(=O)O[C@@H](C)C(=O)NCc2ccc(F)cc2)CC1=O. The standard InChI is InChI=1S/C23H25FN2O4/c1-3-17-6-4-5-7-20(17)26-14-18(12-21(26)27)23(29)30-15(2)22(28)25-13-16-8-10-19(24)11-9-16/h4-11,15,18H,3,12-14H2,1-2H3,(H,25,28)/t15-,18-/m0/s1. The van der Waals surface area contributed by atoms with Crippen molar-refractivity contribution in [2.24, 2.45) is 5.92 Å². The summed E-state index contributed by atoms with van der Waals surface area (Å²) < 4.78 is 18.2. The van der Waals surface area contributed by atoms with Crippen molar-refractivity contribution < 1.29 is 23.5 Å². The van der Waals surface area contributed by atoms with E-state index in [9.17, 15) is 18.8 Å². The molecule has 6 nitrogen and oxygen atoms in total. The molecule has 1 heterocycles. The van der Waals surface area contributed by atoms with Gasteiger partial charge >= 0.3 is 5.97 Å². The monoisotopic (exact) mass is 412 g/mol. The summed E-state index contributed by atoms with van der Waals surface area (Å²) in [6.07, 6.45) is -0.161. The van der Waals surface area contributed by atoms with Crippen LogP contribution in [0.4, 0.5) is 10.1 Å². The number of esters is 1. The fourth-order valence-electron chi connectivity index (χ4n) is 3.43. The fraction of sp³-hybridized carbons (Fsp3) is 0.348. The molecule has 1 aliphatic heterocycles. The summed E-state index contributed by atoms with van der Waals surface area (Å²) in [6.45, 7) is 3.93. The van der Waals surface area contributed by atoms with Crippen LogP contribution in [-0.2, 0) is 32.1 Å². The van der Waals surface area contributed by atoms with Crippen molar-refractivity contribution in [1.29, 1.82) is 0 Å². The van der Waals surface area contributed by atoms with E-state index in [-0.39, 0.29) is 31.2 Å². The first-order chi connectivity index (χ1) is 14.4. The number of hydrogen-bond acceptors (Lipinski definition) is 4. The van der Waals surface area contributed by atoms with Crippen LogP contribution in [0.2, 0.25) is 0 Å². The topological polar surface area (TPSA) is 75.7 Å². The Labute approximate surface area is 175 Å². The molecular weight excluding hydrogens is 387 g/mol. The predicted molar refractivity (Wildman–Crippen MR) is 110 cm³/mol. The summed E-state index contributed by atoms with van der Waals surface area (Å²) in [5.41, 5.74) is 2.58. The Morgan fingerprint density at radius 3 is 2.60 bits per heavy atom. The van der Waals surface area contributed by atoms with Crippen LogP contribution >= 0.6 is 0 Å². The Morgan fingerprint density at radius 1 is 1.20 bits per heavy atom. The number of para-hydroxylation sites is 1. The van der Waals surface area contributed by atoms with E-state index in [1.807, 2.05) is 31.2 Å². The number of hydrogen-bond donors (Lipinski definition) is 1. The lowest BCUT2D eigenvalue weighted by Gasteiger charge is -2.20. The van der Waals surface area contributed by atoms with Crippen LogP contribution in [0.5, 0.6) is 0 Å². The minimum Gasteiger partial charge on any atom is -0.452 e. The number of amides is 2. The summed E-state index contributed by atoms with van der Waals surface area (Å²) in [7, 11) is 0. The Kier molecular flexibility index (Phi) is 6.82. The van der Waals surface area contributed by atoms with E-state index >= 15 is 0 Å². The molecule has 30 heavy (non-hydrogen) atoms. The van der Waals surface area contributed by atoms with E-state index in [0.29, 0.717) is 0 Å². The molecule has 1 aliphatic rings. The third-order valence-electron chi connectivity index (χ3n) is 5.16. The van der Waals surface area contributed by atoms with Crippen LogP contribution in [0, 0.1) is 11.7 Å². The van der Waals surface area contributed by atoms with Gasteiger partial charge in [-0.25, -0.2) is 4.39 Å². The maximum atomic E-state index is 12.9. The third-order valence-corrected chi connectivity index (χ3v) is 5.16. The number of rotatable bonds is 7. The van der Waals surface area contributed by atoms with E-state index in [0.717, 1.165) is 23.2 Å². The van der Waals surface area contributed by atoms with Crippen LogP contribution in [-0.4, -0.2) is 30.4 Å². The molecule has 1 fully saturated rings. The normalized spacial score (nSPS) is 17.0. The second-order valence-electron chi connectivity index (χ2n) is 7.31. The van der Waals surface area contributed by atoms with Gasteiger partial charge in [0.1, 0.15) is 5.82 Å². The summed E-state index contributed by atoms with van der Waals surface area (Å²) in [6, 6.07) is 13.4. The Bertz CT molecular complexity index is 929. The first-order valence-electron chi connectivity index (χ1n) is 10.00. The second kappa shape index (κ2) is 9.52. The molecule has 1 N–H and O–H groups in total. The number of halogens is 1. The molecule has 0 saturated carbocycles. The van der Waals surface area contributed by atoms with E-state index in [2.05, 4.69) is 5.32 Å². The zero-order chi connectivity index (χ0) is 21.7. The summed E-state index contributed by atoms with van der Waals surface area (Å²) >= 11 is 0. The fourth-order valence-corrected chi connectivity index (χ4v) is 3.43. The zero-order valence-corrected chi connectivity index (χ0v) is 17.1. The van der Waals surface area contributed by atoms with Crippen LogP contribution in [0.3, 0.4) is 0 Å². The smallest absolute Gasteiger partial charge is 0.312 e. The van der Waals surface area contributed by atoms with Gasteiger partial charge in [-0.3, -0.25) is 14.4 Å². The third kappa shape index (κ3) is 5.03. The molecular formula is C23H25FN2O4. The van der Waals surface area contributed by atoms with Crippen LogP contribution < -0.4 is 10.2 Å². The molecule has 158 valence electrons. The molecule has 1 saturated heterocycles. The van der Waals surface area contributed by atoms with E-state index in [1.165, 1.54) is 19.1 Å². The Hall–Kier alpha value is -3.22. The lowest BCUT2D eigenvalue weighted by atomic mass is 10.1. The average molecular weight is 412 g/mol. The number of nitrogens with one attached hydrogen (secondary N) is 1. The number of aryl methyl sites for hydroxylation is 1. The van der Waals surface area contributed by atoms with E-state index in [1.54, 1.807) is 17.0 Å². The van der Waals surface area contributed by atoms with Crippen LogP contribution in [0.25, 0.3) is 0 Å². The molecule has 0 unspecified atom stereocenters. The number of anilines is 1. The first-order valence-corrected chi connectivity index (χ1v) is 10.00. The number of carbonyl (C=O) groups excluding carboxylic acids is 3. The first kappa shape index (κ1) is 21.5. The molecule has 0 spiro atoms. The molecule has 7 heteroatoms. The van der Waals surface area contributed by atoms with Gasteiger partial charge in [0.15, 0.2) is 6.10 Å². The van der Waals surface area contributed by atoms with Crippen molar-refractivity contribution in [3.05, 3.63) is 65.5 Å². The van der Waals surface area contributed by atoms with Crippen molar-refractivity contribution in [1.82, 2.24) is 5.32 Å². The van der Waals surface area contributed by atoms with Gasteiger partial charge in [-0.1, -0.05) is 37.3 Å². The highest BCUT2D eigenvalue weighted by Crippen LogP contribution is 2.29. The summed E-state index contributed by atoms with van der Waals surface area (Å²) in [5, 5.41) is 2.66. The van der Waals surface area contributed by atoms with Crippen molar-refractivity contribution in [3.63, 3.8) is 0 Å². The van der Waals surface area contributed by atoms with Crippen LogP contribution in [0.15, 0.2) is 48.5 Å². The molecule has 2 aromatic rings. The van der Waals surface area contributed by atoms with Gasteiger partial charge < -0.3 is 15.0 Å². The molecule has 0 aromatic heterocycles. The average Bonchev–Trinajstić information content (AvgIpc) is 3.14. The Morgan fingerprint density at radius 2 is 1.90 bits per heavy atom. The highest BCUT2D eigenvalue weighted by Gasteiger charge is 2.37. The molecule has 2 aromatic carbocycles. The zero-order valence-electron chi connectivity index (χ0n) is 17.1. The maximum absolute atomic E-state index is 12.9. The van der Waals surface area contributed by atoms with Crippen molar-refractivity contribution in [3.8, 4) is 0 Å². The van der Waals surface area contributed by atoms with Crippen molar-refractivity contribution in [2.75, 3.05) is 11.4 Å². The lowest BCUT2D eigenvalue weighted by Crippen LogP contribution is -2.37. The predicted octanol–water partition coefficient (Wildman–Crippen LogP) is 2.99. The van der Waals surface area contributed by atoms with Gasteiger partial charge in [0.2, 0.25) is 5.91 Å². The molecule has 2 atom stereocenters. The van der Waals surface area contributed by atoms with Crippen molar-refractivity contribution in [2.45, 2.75) is 39.3 Å². The number of nitrogens with zero attached hydrogens (tertiary/aromatic N) is 1. The molecule has 2 amide bonds. The van der Waals surface area contributed by atoms with Gasteiger partial charge in [-0.15, -0.1) is 0 Å². The van der Waals surface area contributed by atoms with Gasteiger partial charge in [0.25, 0.3) is 5.91 Å². The minimum absolute atomic E-state index is 0.0563. The van der Waals surface area contributed by atoms with Gasteiger partial charge in [0, 0.05) is 25.2 Å². The highest BCUT2D eigenvalue weighted by molar-refractivity contribution is 6.00. The van der Waals surface area contributed by atoms with E-state index < -0.39 is 23.9 Å². The summed E-state index contributed by atoms with van der Waals surface area (Å²) in [4.78, 5) is 38.8. The molecule has 0 aliphatic carbocycles. The second-order valence-corrected chi connectivity index (χ2v) is 7.31. The maximum Gasteiger partial charge on any atom is 0.312 e. The summed E-state index contributed by atoms with van der Waals surface area (Å²) in [5.74, 6) is -2.12. The minimum atomic E-state index is -0.995. The lowest BCUT2D eigenvalue weighted by molar-refractivity contribution is -0.158. The van der Waals surface area contributed by atoms with Gasteiger partial charge in [0.05, 0.1) is 5.92 Å². The number of benzene rings is 2. The highest BCUT2D eigenvalue weighted by atomic mass is 19.1. The van der Waals surface area contributed by atoms with Crippen LogP contribution in [0.1, 0.15) is 31.4 Å². The molecule has 3 rings (SSSR count). The Balaban J connectivity index is 1.54. The largest absolute Gasteiger partial charge is 0.452 e. The quantitative estimate of drug-likeness (QED) is 0.710. The van der Waals surface area contributed by atoms with Crippen molar-refractivity contribution >= 4 is 23.5 Å². The van der Waals surface area contributed by atoms with E-state index in [4.69, 9.17) is 4.74 Å². The molecule has 0 radical (unpaired) electrons. The number of ether oxygens (including phenoxy) is 1.